The predicted molar refractivity (Wildman–Crippen MR) is 100.0 cm³/mol. The Labute approximate surface area is 157 Å². The van der Waals surface area contributed by atoms with Gasteiger partial charge in [-0.2, -0.15) is 0 Å². The minimum absolute atomic E-state index is 0.175. The molecular formula is C21H20N2O4. The summed E-state index contributed by atoms with van der Waals surface area (Å²) >= 11 is 0. The fourth-order valence-electron chi connectivity index (χ4n) is 3.07. The molecule has 0 saturated carbocycles. The molecular weight excluding hydrogens is 344 g/mol. The zero-order valence-corrected chi connectivity index (χ0v) is 15.0. The molecule has 1 atom stereocenters. The zero-order chi connectivity index (χ0) is 18.6. The molecule has 6 nitrogen and oxygen atoms in total. The molecule has 1 aliphatic rings. The second kappa shape index (κ2) is 7.53. The maximum atomic E-state index is 12.7. The Morgan fingerprint density at radius 1 is 1.15 bits per heavy atom. The summed E-state index contributed by atoms with van der Waals surface area (Å²) in [7, 11) is 0. The number of aromatic nitrogens is 1. The van der Waals surface area contributed by atoms with E-state index in [1.165, 1.54) is 6.39 Å². The number of ether oxygens (including phenoxy) is 2. The Hall–Kier alpha value is -3.28. The predicted octanol–water partition coefficient (Wildman–Crippen LogP) is 3.61. The van der Waals surface area contributed by atoms with E-state index in [4.69, 9.17) is 13.9 Å². The first kappa shape index (κ1) is 17.1. The number of carbonyl (C=O) groups excluding carboxylic acids is 1. The third-order valence-corrected chi connectivity index (χ3v) is 4.50. The molecule has 0 aliphatic carbocycles. The van der Waals surface area contributed by atoms with Gasteiger partial charge in [0.15, 0.2) is 29.3 Å². The smallest absolute Gasteiger partial charge is 0.274 e. The first-order valence-corrected chi connectivity index (χ1v) is 8.88. The summed E-state index contributed by atoms with van der Waals surface area (Å²) in [6.07, 6.45) is 1.80. The van der Waals surface area contributed by atoms with E-state index in [1.807, 2.05) is 55.5 Å². The fraction of sp³-hybridized carbons (Fsp3) is 0.238. The average molecular weight is 364 g/mol. The van der Waals surface area contributed by atoms with Crippen LogP contribution < -0.4 is 14.8 Å². The van der Waals surface area contributed by atoms with Crippen molar-refractivity contribution in [1.82, 2.24) is 10.3 Å². The van der Waals surface area contributed by atoms with E-state index in [0.29, 0.717) is 31.1 Å². The minimum atomic E-state index is -0.288. The number of nitrogens with zero attached hydrogens (tertiary/aromatic N) is 1. The molecule has 4 rings (SSSR count). The van der Waals surface area contributed by atoms with Gasteiger partial charge in [0.05, 0.1) is 13.2 Å². The second-order valence-electron chi connectivity index (χ2n) is 6.38. The molecule has 0 radical (unpaired) electrons. The van der Waals surface area contributed by atoms with Crippen molar-refractivity contribution in [3.63, 3.8) is 0 Å². The Morgan fingerprint density at radius 3 is 2.78 bits per heavy atom. The fourth-order valence-corrected chi connectivity index (χ4v) is 3.07. The van der Waals surface area contributed by atoms with Crippen molar-refractivity contribution in [2.45, 2.75) is 19.4 Å². The van der Waals surface area contributed by atoms with Crippen LogP contribution >= 0.6 is 0 Å². The largest absolute Gasteiger partial charge is 0.490 e. The van der Waals surface area contributed by atoms with Crippen molar-refractivity contribution < 1.29 is 18.7 Å². The van der Waals surface area contributed by atoms with E-state index in [-0.39, 0.29) is 17.7 Å². The second-order valence-corrected chi connectivity index (χ2v) is 6.38. The number of rotatable bonds is 4. The summed E-state index contributed by atoms with van der Waals surface area (Å²) in [6, 6.07) is 15.3. The first-order chi connectivity index (χ1) is 13.2. The van der Waals surface area contributed by atoms with Gasteiger partial charge < -0.3 is 19.2 Å². The summed E-state index contributed by atoms with van der Waals surface area (Å²) in [6.45, 7) is 2.86. The van der Waals surface area contributed by atoms with Crippen molar-refractivity contribution >= 4 is 5.91 Å². The number of hydrogen-bond donors (Lipinski definition) is 1. The lowest BCUT2D eigenvalue weighted by atomic mass is 10.1. The van der Waals surface area contributed by atoms with Gasteiger partial charge >= 0.3 is 0 Å². The molecule has 0 saturated heterocycles. The van der Waals surface area contributed by atoms with E-state index in [1.54, 1.807) is 0 Å². The SMILES string of the molecule is Cc1ccccc1-c1ocnc1C(=O)NCC1CCOc2ccccc2O1. The van der Waals surface area contributed by atoms with Crippen LogP contribution in [0.5, 0.6) is 11.5 Å². The quantitative estimate of drug-likeness (QED) is 0.766. The monoisotopic (exact) mass is 364 g/mol. The summed E-state index contributed by atoms with van der Waals surface area (Å²) in [4.78, 5) is 16.8. The molecule has 2 heterocycles. The third kappa shape index (κ3) is 3.65. The van der Waals surface area contributed by atoms with E-state index in [2.05, 4.69) is 10.3 Å². The molecule has 138 valence electrons. The Kier molecular flexibility index (Phi) is 4.78. The van der Waals surface area contributed by atoms with Gasteiger partial charge in [-0.05, 0) is 24.6 Å². The highest BCUT2D eigenvalue weighted by Gasteiger charge is 2.22. The number of fused-ring (bicyclic) bond motifs is 1. The summed E-state index contributed by atoms with van der Waals surface area (Å²) in [5.41, 5.74) is 2.15. The van der Waals surface area contributed by atoms with Gasteiger partial charge in [-0.3, -0.25) is 4.79 Å². The van der Waals surface area contributed by atoms with E-state index in [9.17, 15) is 4.79 Å². The summed E-state index contributed by atoms with van der Waals surface area (Å²) in [5, 5.41) is 2.90. The zero-order valence-electron chi connectivity index (χ0n) is 15.0. The molecule has 1 aliphatic heterocycles. The number of para-hydroxylation sites is 2. The number of amides is 1. The highest BCUT2D eigenvalue weighted by Crippen LogP contribution is 2.30. The molecule has 0 spiro atoms. The maximum absolute atomic E-state index is 12.7. The van der Waals surface area contributed by atoms with E-state index in [0.717, 1.165) is 16.9 Å². The Bertz CT molecular complexity index is 951. The van der Waals surface area contributed by atoms with Crippen LogP contribution in [0.1, 0.15) is 22.5 Å². The van der Waals surface area contributed by atoms with Crippen LogP contribution in [0.2, 0.25) is 0 Å². The molecule has 1 amide bonds. The molecule has 1 N–H and O–H groups in total. The minimum Gasteiger partial charge on any atom is -0.490 e. The normalized spacial score (nSPS) is 15.8. The number of nitrogens with one attached hydrogen (secondary N) is 1. The topological polar surface area (TPSA) is 73.6 Å². The number of aryl methyl sites for hydroxylation is 1. The lowest BCUT2D eigenvalue weighted by Gasteiger charge is -2.16. The summed E-state index contributed by atoms with van der Waals surface area (Å²) in [5.74, 6) is 1.60. The molecule has 27 heavy (non-hydrogen) atoms. The van der Waals surface area contributed by atoms with Crippen LogP contribution in [-0.2, 0) is 0 Å². The van der Waals surface area contributed by atoms with Crippen LogP contribution in [0.25, 0.3) is 11.3 Å². The van der Waals surface area contributed by atoms with Crippen molar-refractivity contribution in [2.75, 3.05) is 13.2 Å². The van der Waals surface area contributed by atoms with E-state index < -0.39 is 0 Å². The van der Waals surface area contributed by atoms with Crippen LogP contribution in [0.4, 0.5) is 0 Å². The Morgan fingerprint density at radius 2 is 1.93 bits per heavy atom. The molecule has 2 aromatic carbocycles. The van der Waals surface area contributed by atoms with Crippen LogP contribution in [0.3, 0.4) is 0 Å². The van der Waals surface area contributed by atoms with E-state index >= 15 is 0 Å². The van der Waals surface area contributed by atoms with Gasteiger partial charge in [0, 0.05) is 12.0 Å². The number of oxazole rings is 1. The van der Waals surface area contributed by atoms with Crippen molar-refractivity contribution in [3.8, 4) is 22.8 Å². The Balaban J connectivity index is 1.45. The highest BCUT2D eigenvalue weighted by molar-refractivity contribution is 5.97. The molecule has 1 aromatic heterocycles. The molecule has 1 unspecified atom stereocenters. The lowest BCUT2D eigenvalue weighted by Crippen LogP contribution is -2.36. The van der Waals surface area contributed by atoms with Gasteiger partial charge in [-0.1, -0.05) is 36.4 Å². The first-order valence-electron chi connectivity index (χ1n) is 8.88. The number of carbonyl (C=O) groups is 1. The van der Waals surface area contributed by atoms with Gasteiger partial charge in [-0.25, -0.2) is 4.98 Å². The molecule has 0 fully saturated rings. The third-order valence-electron chi connectivity index (χ3n) is 4.50. The van der Waals surface area contributed by atoms with Crippen molar-refractivity contribution in [1.29, 1.82) is 0 Å². The van der Waals surface area contributed by atoms with Gasteiger partial charge in [0.25, 0.3) is 5.91 Å². The van der Waals surface area contributed by atoms with Gasteiger partial charge in [-0.15, -0.1) is 0 Å². The van der Waals surface area contributed by atoms with Gasteiger partial charge in [0.2, 0.25) is 0 Å². The average Bonchev–Trinajstić information content (AvgIpc) is 3.07. The molecule has 0 bridgehead atoms. The standard InChI is InChI=1S/C21H20N2O4/c1-14-6-2-3-7-16(14)20-19(23-13-26-20)21(24)22-12-15-10-11-25-17-8-4-5-9-18(17)27-15/h2-9,13,15H,10-12H2,1H3,(H,22,24). The number of benzene rings is 2. The maximum Gasteiger partial charge on any atom is 0.274 e. The summed E-state index contributed by atoms with van der Waals surface area (Å²) < 4.78 is 17.1. The highest BCUT2D eigenvalue weighted by atomic mass is 16.5. The van der Waals surface area contributed by atoms with Crippen molar-refractivity contribution in [3.05, 3.63) is 66.2 Å². The lowest BCUT2D eigenvalue weighted by molar-refractivity contribution is 0.0920. The van der Waals surface area contributed by atoms with Crippen LogP contribution in [0, 0.1) is 6.92 Å². The van der Waals surface area contributed by atoms with Gasteiger partial charge in [0.1, 0.15) is 6.10 Å². The van der Waals surface area contributed by atoms with Crippen LogP contribution in [-0.4, -0.2) is 30.1 Å². The molecule has 6 heteroatoms. The van der Waals surface area contributed by atoms with Crippen molar-refractivity contribution in [2.24, 2.45) is 0 Å². The van der Waals surface area contributed by atoms with Crippen LogP contribution in [0.15, 0.2) is 59.3 Å². The number of hydrogen-bond acceptors (Lipinski definition) is 5. The molecule has 3 aromatic rings.